The second kappa shape index (κ2) is 17.5. The Balaban J connectivity index is 1.31. The van der Waals surface area contributed by atoms with Crippen molar-refractivity contribution in [3.63, 3.8) is 0 Å². The van der Waals surface area contributed by atoms with Crippen LogP contribution in [0.4, 0.5) is 0 Å². The maximum absolute atomic E-state index is 13.0. The van der Waals surface area contributed by atoms with Gasteiger partial charge in [0.05, 0.1) is 45.8 Å². The average molecular weight is 847 g/mol. The third kappa shape index (κ3) is 8.83. The third-order valence-electron chi connectivity index (χ3n) is 11.7. The second-order valence-electron chi connectivity index (χ2n) is 15.8. The van der Waals surface area contributed by atoms with Crippen LogP contribution in [0.15, 0.2) is 82.6 Å². The molecular weight excluding hydrogens is 793 g/mol. The van der Waals surface area contributed by atoms with E-state index in [1.807, 2.05) is 19.9 Å². The minimum Gasteiger partial charge on any atom is -0.355 e. The molecule has 3 aromatic heterocycles. The van der Waals surface area contributed by atoms with E-state index in [1.54, 1.807) is 48.5 Å². The highest BCUT2D eigenvalue weighted by molar-refractivity contribution is 7.87. The Labute approximate surface area is 354 Å². The Morgan fingerprint density at radius 1 is 0.500 bits per heavy atom. The quantitative estimate of drug-likeness (QED) is 0.0830. The van der Waals surface area contributed by atoms with Crippen LogP contribution in [0.3, 0.4) is 0 Å². The van der Waals surface area contributed by atoms with Gasteiger partial charge in [0.15, 0.2) is 0 Å². The summed E-state index contributed by atoms with van der Waals surface area (Å²) in [5.41, 5.74) is 17.9. The van der Waals surface area contributed by atoms with Crippen molar-refractivity contribution < 1.29 is 25.2 Å². The number of rotatable bonds is 14. The molecule has 0 amide bonds. The number of aromatic nitrogens is 4. The van der Waals surface area contributed by atoms with E-state index in [-0.39, 0.29) is 23.0 Å². The summed E-state index contributed by atoms with van der Waals surface area (Å²) in [6.07, 6.45) is 3.62. The fourth-order valence-corrected chi connectivity index (χ4v) is 10.0. The van der Waals surface area contributed by atoms with Gasteiger partial charge >= 0.3 is 0 Å². The van der Waals surface area contributed by atoms with Crippen LogP contribution >= 0.6 is 0 Å². The maximum Gasteiger partial charge on any atom is 0.296 e. The van der Waals surface area contributed by atoms with Crippen LogP contribution in [-0.4, -0.2) is 50.0 Å². The van der Waals surface area contributed by atoms with Crippen molar-refractivity contribution in [2.75, 3.05) is 13.2 Å². The molecule has 0 radical (unpaired) electrons. The minimum absolute atomic E-state index is 0.00877. The maximum atomic E-state index is 13.0. The van der Waals surface area contributed by atoms with E-state index in [0.29, 0.717) is 25.7 Å². The van der Waals surface area contributed by atoms with Crippen LogP contribution in [0.25, 0.3) is 44.4 Å². The number of allylic oxidation sites excluding steroid dienone is 4. The first-order chi connectivity index (χ1) is 28.6. The minimum atomic E-state index is -3.92. The first kappa shape index (κ1) is 43.0. The van der Waals surface area contributed by atoms with Crippen molar-refractivity contribution in [1.29, 1.82) is 0 Å². The van der Waals surface area contributed by atoms with Gasteiger partial charge in [0, 0.05) is 22.1 Å². The molecule has 2 aliphatic heterocycles. The molecule has 0 spiro atoms. The highest BCUT2D eigenvalue weighted by Crippen LogP contribution is 2.38. The first-order valence-electron chi connectivity index (χ1n) is 20.7. The van der Waals surface area contributed by atoms with Gasteiger partial charge in [0.25, 0.3) is 20.2 Å². The number of H-pyrrole nitrogens is 2. The van der Waals surface area contributed by atoms with Gasteiger partial charge in [-0.3, -0.25) is 8.37 Å². The molecule has 2 N–H and O–H groups in total. The van der Waals surface area contributed by atoms with Crippen molar-refractivity contribution >= 4 is 64.6 Å². The fraction of sp³-hybridized carbons (Fsp3) is 0.333. The molecule has 314 valence electrons. The molecular formula is C48H54N4O6S2. The third-order valence-corrected chi connectivity index (χ3v) is 14.4. The molecule has 0 saturated carbocycles. The van der Waals surface area contributed by atoms with Crippen LogP contribution in [0.5, 0.6) is 0 Å². The number of fused-ring (bicyclic) bond motifs is 8. The summed E-state index contributed by atoms with van der Waals surface area (Å²) >= 11 is 0. The zero-order valence-electron chi connectivity index (χ0n) is 35.7. The summed E-state index contributed by atoms with van der Waals surface area (Å²) in [7, 11) is -7.83. The highest BCUT2D eigenvalue weighted by atomic mass is 32.2. The Morgan fingerprint density at radius 3 is 1.30 bits per heavy atom. The number of hydrogen-bond donors (Lipinski definition) is 2. The number of benzene rings is 2. The van der Waals surface area contributed by atoms with Crippen LogP contribution in [0, 0.1) is 27.7 Å². The predicted octanol–water partition coefficient (Wildman–Crippen LogP) is 10.9. The summed E-state index contributed by atoms with van der Waals surface area (Å²) < 4.78 is 63.1. The summed E-state index contributed by atoms with van der Waals surface area (Å²) in [4.78, 5) is 18.1. The number of hydrogen-bond acceptors (Lipinski definition) is 8. The molecule has 7 rings (SSSR count). The van der Waals surface area contributed by atoms with E-state index in [1.165, 1.54) is 16.7 Å². The average Bonchev–Trinajstić information content (AvgIpc) is 3.88. The van der Waals surface area contributed by atoms with E-state index in [2.05, 4.69) is 69.7 Å². The van der Waals surface area contributed by atoms with Gasteiger partial charge in [-0.25, -0.2) is 9.97 Å². The molecule has 10 nitrogen and oxygen atoms in total. The number of aryl methyl sites for hydroxylation is 6. The lowest BCUT2D eigenvalue weighted by molar-refractivity contribution is 0.313. The summed E-state index contributed by atoms with van der Waals surface area (Å²) in [5, 5.41) is 0. The van der Waals surface area contributed by atoms with Crippen molar-refractivity contribution in [3.05, 3.63) is 129 Å². The molecule has 0 unspecified atom stereocenters. The Hall–Kier alpha value is -5.14. The van der Waals surface area contributed by atoms with Gasteiger partial charge in [-0.2, -0.15) is 16.8 Å². The zero-order valence-corrected chi connectivity index (χ0v) is 37.4. The molecule has 0 saturated heterocycles. The van der Waals surface area contributed by atoms with Gasteiger partial charge in [-0.1, -0.05) is 49.2 Å². The van der Waals surface area contributed by atoms with E-state index >= 15 is 0 Å². The summed E-state index contributed by atoms with van der Waals surface area (Å²) in [5.74, 6) is 0. The lowest BCUT2D eigenvalue weighted by Gasteiger charge is -2.09. The van der Waals surface area contributed by atoms with Crippen LogP contribution in [0.1, 0.15) is 110 Å². The molecule has 12 heteroatoms. The number of nitrogens with one attached hydrogen (secondary N) is 2. The standard InChI is InChI=1S/C48H54N4O6S2/c1-9-37-31(5)41-25-42-33(7)39(13-11-23-57-59(53,54)35-19-15-29(3)16-20-35)47(51-42)28-48-40(14-12-24-58-60(55,56)36-21-17-30(4)18-22-36)34(8)44(52-48)27-46-38(10-2)32(6)43(50-46)26-45(37)49-41/h15-22,25-28,49-50H,9-14,23-24H2,1-8H3. The largest absolute Gasteiger partial charge is 0.355 e. The molecule has 60 heavy (non-hydrogen) atoms. The lowest BCUT2D eigenvalue weighted by atomic mass is 9.98. The molecule has 5 heterocycles. The van der Waals surface area contributed by atoms with E-state index in [4.69, 9.17) is 18.3 Å². The van der Waals surface area contributed by atoms with Crippen molar-refractivity contribution in [2.45, 2.75) is 104 Å². The highest BCUT2D eigenvalue weighted by Gasteiger charge is 2.23. The Kier molecular flexibility index (Phi) is 12.5. The fourth-order valence-electron chi connectivity index (χ4n) is 8.14. The van der Waals surface area contributed by atoms with Crippen LogP contribution in [-0.2, 0) is 41.4 Å². The molecule has 0 aliphatic carbocycles. The van der Waals surface area contributed by atoms with Crippen molar-refractivity contribution in [2.24, 2.45) is 0 Å². The molecule has 2 aromatic carbocycles. The van der Waals surface area contributed by atoms with E-state index in [9.17, 15) is 16.8 Å². The van der Waals surface area contributed by atoms with E-state index < -0.39 is 20.2 Å². The molecule has 5 aromatic rings. The van der Waals surface area contributed by atoms with Gasteiger partial charge in [0.1, 0.15) is 0 Å². The summed E-state index contributed by atoms with van der Waals surface area (Å²) in [6, 6.07) is 21.7. The SMILES string of the molecule is CCc1c(C)c2cc3[nH]c(cc4nc(cc5nc(cc1[nH]2)C(C)=C5CCCOS(=O)(=O)c1ccc(C)cc1)C(CCCOS(=O)(=O)c1ccc(C)cc1)=C4C)c(C)c3CC. The first-order valence-corrected chi connectivity index (χ1v) is 23.5. The Bertz CT molecular complexity index is 2920. The molecule has 8 bridgehead atoms. The molecule has 2 aliphatic rings. The van der Waals surface area contributed by atoms with Crippen LogP contribution < -0.4 is 0 Å². The normalized spacial score (nSPS) is 13.5. The van der Waals surface area contributed by atoms with E-state index in [0.717, 1.165) is 96.7 Å². The second-order valence-corrected chi connectivity index (χ2v) is 19.0. The topological polar surface area (TPSA) is 144 Å². The lowest BCUT2D eigenvalue weighted by Crippen LogP contribution is -2.08. The summed E-state index contributed by atoms with van der Waals surface area (Å²) in [6.45, 7) is 16.6. The number of aromatic amines is 2. The van der Waals surface area contributed by atoms with Gasteiger partial charge in [-0.15, -0.1) is 0 Å². The van der Waals surface area contributed by atoms with Gasteiger partial charge in [0.2, 0.25) is 0 Å². The van der Waals surface area contributed by atoms with Crippen LogP contribution in [0.2, 0.25) is 0 Å². The van der Waals surface area contributed by atoms with Crippen molar-refractivity contribution in [3.8, 4) is 0 Å². The smallest absolute Gasteiger partial charge is 0.296 e. The molecule has 0 fully saturated rings. The Morgan fingerprint density at radius 2 is 0.883 bits per heavy atom. The predicted molar refractivity (Wildman–Crippen MR) is 241 cm³/mol. The number of nitrogens with zero attached hydrogens (tertiary/aromatic N) is 2. The van der Waals surface area contributed by atoms with Gasteiger partial charge < -0.3 is 9.97 Å². The monoisotopic (exact) mass is 846 g/mol. The zero-order chi connectivity index (χ0) is 42.9. The molecule has 0 atom stereocenters. The van der Waals surface area contributed by atoms with Gasteiger partial charge in [-0.05, 0) is 173 Å². The van der Waals surface area contributed by atoms with Crippen molar-refractivity contribution in [1.82, 2.24) is 19.9 Å².